The van der Waals surface area contributed by atoms with Crippen molar-refractivity contribution >= 4 is 21.8 Å². The summed E-state index contributed by atoms with van der Waals surface area (Å²) in [5.41, 5.74) is 3.79. The molecular weight excluding hydrogens is 352 g/mol. The van der Waals surface area contributed by atoms with Gasteiger partial charge in [-0.15, -0.1) is 0 Å². The van der Waals surface area contributed by atoms with Crippen LogP contribution in [0.1, 0.15) is 23.6 Å². The van der Waals surface area contributed by atoms with E-state index in [2.05, 4.69) is 57.8 Å². The van der Waals surface area contributed by atoms with E-state index in [4.69, 9.17) is 0 Å². The molecule has 0 radical (unpaired) electrons. The lowest BCUT2D eigenvalue weighted by molar-refractivity contribution is -0.123. The van der Waals surface area contributed by atoms with Crippen LogP contribution in [-0.2, 0) is 24.2 Å². The molecule has 1 heterocycles. The Labute approximate surface area is 145 Å². The molecule has 2 unspecified atom stereocenters. The summed E-state index contributed by atoms with van der Waals surface area (Å²) >= 11 is 3.44. The van der Waals surface area contributed by atoms with E-state index in [-0.39, 0.29) is 18.0 Å². The first-order chi connectivity index (χ1) is 11.1. The van der Waals surface area contributed by atoms with Gasteiger partial charge in [0.2, 0.25) is 5.91 Å². The van der Waals surface area contributed by atoms with Crippen molar-refractivity contribution in [1.82, 2.24) is 10.6 Å². The molecule has 1 aliphatic heterocycles. The highest BCUT2D eigenvalue weighted by atomic mass is 79.9. The number of hydrogen-bond acceptors (Lipinski definition) is 2. The average molecular weight is 373 g/mol. The molecule has 2 aromatic carbocycles. The molecule has 1 amide bonds. The molecule has 23 heavy (non-hydrogen) atoms. The van der Waals surface area contributed by atoms with E-state index in [0.717, 1.165) is 23.9 Å². The summed E-state index contributed by atoms with van der Waals surface area (Å²) in [7, 11) is 0. The van der Waals surface area contributed by atoms with Crippen LogP contribution in [-0.4, -0.2) is 18.0 Å². The molecule has 0 spiro atoms. The molecule has 120 valence electrons. The molecule has 3 rings (SSSR count). The molecule has 1 aliphatic rings. The molecule has 0 saturated carbocycles. The molecule has 2 N–H and O–H groups in total. The summed E-state index contributed by atoms with van der Waals surface area (Å²) < 4.78 is 1.07. The van der Waals surface area contributed by atoms with Crippen molar-refractivity contribution < 1.29 is 4.79 Å². The molecule has 0 fully saturated rings. The first-order valence-corrected chi connectivity index (χ1v) is 8.76. The molecule has 4 heteroatoms. The van der Waals surface area contributed by atoms with Gasteiger partial charge >= 0.3 is 0 Å². The van der Waals surface area contributed by atoms with E-state index >= 15 is 0 Å². The third kappa shape index (κ3) is 4.21. The summed E-state index contributed by atoms with van der Waals surface area (Å²) in [5.74, 6) is 0.0871. The van der Waals surface area contributed by atoms with Gasteiger partial charge in [-0.05, 0) is 48.6 Å². The van der Waals surface area contributed by atoms with Gasteiger partial charge in [-0.1, -0.05) is 52.3 Å². The SMILES string of the molecule is CC(Cc1ccc(Br)cc1)NC(=O)C1Cc2ccccc2CN1. The van der Waals surface area contributed by atoms with Crippen LogP contribution in [0.25, 0.3) is 0 Å². The Morgan fingerprint density at radius 1 is 1.22 bits per heavy atom. The highest BCUT2D eigenvalue weighted by Gasteiger charge is 2.24. The molecule has 2 atom stereocenters. The summed E-state index contributed by atoms with van der Waals surface area (Å²) in [6, 6.07) is 16.5. The number of halogens is 1. The zero-order chi connectivity index (χ0) is 16.2. The van der Waals surface area contributed by atoms with Crippen LogP contribution in [0.5, 0.6) is 0 Å². The van der Waals surface area contributed by atoms with E-state index in [1.54, 1.807) is 0 Å². The van der Waals surface area contributed by atoms with E-state index in [1.807, 2.05) is 24.3 Å². The topological polar surface area (TPSA) is 41.1 Å². The van der Waals surface area contributed by atoms with Crippen molar-refractivity contribution in [3.8, 4) is 0 Å². The number of hydrogen-bond donors (Lipinski definition) is 2. The monoisotopic (exact) mass is 372 g/mol. The molecular formula is C19H21BrN2O. The fraction of sp³-hybridized carbons (Fsp3) is 0.316. The lowest BCUT2D eigenvalue weighted by atomic mass is 9.95. The van der Waals surface area contributed by atoms with Crippen LogP contribution in [0.15, 0.2) is 53.0 Å². The minimum atomic E-state index is -0.141. The van der Waals surface area contributed by atoms with Crippen LogP contribution in [0.4, 0.5) is 0 Å². The molecule has 0 bridgehead atoms. The Balaban J connectivity index is 1.56. The van der Waals surface area contributed by atoms with E-state index in [0.29, 0.717) is 0 Å². The van der Waals surface area contributed by atoms with Crippen molar-refractivity contribution in [2.75, 3.05) is 0 Å². The number of fused-ring (bicyclic) bond motifs is 1. The van der Waals surface area contributed by atoms with Gasteiger partial charge in [0.15, 0.2) is 0 Å². The highest BCUT2D eigenvalue weighted by molar-refractivity contribution is 9.10. The van der Waals surface area contributed by atoms with Gasteiger partial charge in [0.25, 0.3) is 0 Å². The third-order valence-electron chi connectivity index (χ3n) is 4.24. The smallest absolute Gasteiger partial charge is 0.237 e. The average Bonchev–Trinajstić information content (AvgIpc) is 2.56. The minimum Gasteiger partial charge on any atom is -0.352 e. The fourth-order valence-electron chi connectivity index (χ4n) is 3.01. The molecule has 0 aromatic heterocycles. The maximum Gasteiger partial charge on any atom is 0.237 e. The van der Waals surface area contributed by atoms with E-state index in [1.165, 1.54) is 16.7 Å². The van der Waals surface area contributed by atoms with Crippen LogP contribution in [0.2, 0.25) is 0 Å². The van der Waals surface area contributed by atoms with Gasteiger partial charge in [0.05, 0.1) is 6.04 Å². The van der Waals surface area contributed by atoms with Crippen LogP contribution < -0.4 is 10.6 Å². The molecule has 3 nitrogen and oxygen atoms in total. The summed E-state index contributed by atoms with van der Waals surface area (Å²) in [5, 5.41) is 6.46. The molecule has 0 saturated heterocycles. The zero-order valence-corrected chi connectivity index (χ0v) is 14.8. The number of rotatable bonds is 4. The van der Waals surface area contributed by atoms with Gasteiger partial charge in [-0.2, -0.15) is 0 Å². The van der Waals surface area contributed by atoms with Crippen molar-refractivity contribution in [1.29, 1.82) is 0 Å². The molecule has 0 aliphatic carbocycles. The van der Waals surface area contributed by atoms with Crippen molar-refractivity contribution in [3.05, 3.63) is 69.7 Å². The normalized spacial score (nSPS) is 18.1. The lowest BCUT2D eigenvalue weighted by Crippen LogP contribution is -2.50. The number of nitrogens with one attached hydrogen (secondary N) is 2. The number of benzene rings is 2. The van der Waals surface area contributed by atoms with Gasteiger partial charge in [0, 0.05) is 17.1 Å². The van der Waals surface area contributed by atoms with Gasteiger partial charge in [-0.3, -0.25) is 4.79 Å². The fourth-order valence-corrected chi connectivity index (χ4v) is 3.27. The Morgan fingerprint density at radius 2 is 1.91 bits per heavy atom. The standard InChI is InChI=1S/C19H21BrN2O/c1-13(10-14-6-8-17(20)9-7-14)22-19(23)18-11-15-4-2-3-5-16(15)12-21-18/h2-9,13,18,21H,10-12H2,1H3,(H,22,23). The van der Waals surface area contributed by atoms with Crippen LogP contribution in [0, 0.1) is 0 Å². The Hall–Kier alpha value is -1.65. The minimum absolute atomic E-state index is 0.0871. The second-order valence-electron chi connectivity index (χ2n) is 6.15. The van der Waals surface area contributed by atoms with Crippen LogP contribution >= 0.6 is 15.9 Å². The van der Waals surface area contributed by atoms with Crippen molar-refractivity contribution in [3.63, 3.8) is 0 Å². The number of carbonyl (C=O) groups excluding carboxylic acids is 1. The highest BCUT2D eigenvalue weighted by Crippen LogP contribution is 2.16. The predicted octanol–water partition coefficient (Wildman–Crippen LogP) is 3.21. The summed E-state index contributed by atoms with van der Waals surface area (Å²) in [6.07, 6.45) is 1.59. The quantitative estimate of drug-likeness (QED) is 0.864. The second kappa shape index (κ2) is 7.28. The zero-order valence-electron chi connectivity index (χ0n) is 13.2. The van der Waals surface area contributed by atoms with Gasteiger partial charge in [0.1, 0.15) is 0 Å². The maximum atomic E-state index is 12.5. The third-order valence-corrected chi connectivity index (χ3v) is 4.77. The lowest BCUT2D eigenvalue weighted by Gasteiger charge is -2.26. The van der Waals surface area contributed by atoms with Crippen molar-refractivity contribution in [2.24, 2.45) is 0 Å². The summed E-state index contributed by atoms with van der Waals surface area (Å²) in [4.78, 5) is 12.5. The number of amides is 1. The van der Waals surface area contributed by atoms with E-state index in [9.17, 15) is 4.79 Å². The van der Waals surface area contributed by atoms with Gasteiger partial charge in [-0.25, -0.2) is 0 Å². The number of carbonyl (C=O) groups is 1. The Kier molecular flexibility index (Phi) is 5.13. The second-order valence-corrected chi connectivity index (χ2v) is 7.06. The first-order valence-electron chi connectivity index (χ1n) is 7.97. The molecule has 2 aromatic rings. The largest absolute Gasteiger partial charge is 0.352 e. The first kappa shape index (κ1) is 16.2. The predicted molar refractivity (Wildman–Crippen MR) is 96.2 cm³/mol. The Bertz CT molecular complexity index is 684. The summed E-state index contributed by atoms with van der Waals surface area (Å²) in [6.45, 7) is 2.81. The maximum absolute atomic E-state index is 12.5. The van der Waals surface area contributed by atoms with Crippen LogP contribution in [0.3, 0.4) is 0 Å². The van der Waals surface area contributed by atoms with Crippen molar-refractivity contribution in [2.45, 2.75) is 38.4 Å². The van der Waals surface area contributed by atoms with E-state index < -0.39 is 0 Å². The Morgan fingerprint density at radius 3 is 2.65 bits per heavy atom. The van der Waals surface area contributed by atoms with Gasteiger partial charge < -0.3 is 10.6 Å².